The van der Waals surface area contributed by atoms with E-state index in [1.165, 1.54) is 12.0 Å². The van der Waals surface area contributed by atoms with Crippen LogP contribution >= 0.6 is 0 Å². The van der Waals surface area contributed by atoms with Crippen LogP contribution in [0.2, 0.25) is 0 Å². The molecule has 0 unspecified atom stereocenters. The lowest BCUT2D eigenvalue weighted by Gasteiger charge is -2.40. The molecule has 1 saturated heterocycles. The number of para-hydroxylation sites is 1. The van der Waals surface area contributed by atoms with Crippen molar-refractivity contribution in [2.45, 2.75) is 45.2 Å². The van der Waals surface area contributed by atoms with Crippen molar-refractivity contribution in [1.82, 2.24) is 10.2 Å². The van der Waals surface area contributed by atoms with Crippen LogP contribution in [-0.4, -0.2) is 49.8 Å². The van der Waals surface area contributed by atoms with Crippen LogP contribution in [0, 0.1) is 5.92 Å². The number of hydrogen-bond donors (Lipinski definition) is 1. The van der Waals surface area contributed by atoms with Gasteiger partial charge in [0.1, 0.15) is 5.75 Å². The molecule has 1 aromatic carbocycles. The Hall–Kier alpha value is -1.59. The third-order valence-electron chi connectivity index (χ3n) is 5.25. The Labute approximate surface area is 150 Å². The summed E-state index contributed by atoms with van der Waals surface area (Å²) < 4.78 is 11.5. The number of hydrogen-bond acceptors (Lipinski definition) is 4. The van der Waals surface area contributed by atoms with E-state index in [1.807, 2.05) is 19.1 Å². The molecule has 2 atom stereocenters. The molecular formula is C20H30N2O3. The SMILES string of the molecule is CCOc1ccccc1CN1CCOCCNC(=O)[C@H]2CCCC[C@H]21. The number of rotatable bonds is 4. The molecule has 1 N–H and O–H groups in total. The fraction of sp³-hybridized carbons (Fsp3) is 0.650. The van der Waals surface area contributed by atoms with Gasteiger partial charge >= 0.3 is 0 Å². The number of fused-ring (bicyclic) bond motifs is 1. The maximum Gasteiger partial charge on any atom is 0.224 e. The van der Waals surface area contributed by atoms with Gasteiger partial charge in [-0.2, -0.15) is 0 Å². The molecule has 3 rings (SSSR count). The molecule has 138 valence electrons. The maximum absolute atomic E-state index is 12.6. The third-order valence-corrected chi connectivity index (χ3v) is 5.25. The Morgan fingerprint density at radius 2 is 2.08 bits per heavy atom. The first-order valence-electron chi connectivity index (χ1n) is 9.59. The van der Waals surface area contributed by atoms with Crippen molar-refractivity contribution in [1.29, 1.82) is 0 Å². The minimum absolute atomic E-state index is 0.0890. The highest BCUT2D eigenvalue weighted by molar-refractivity contribution is 5.79. The Kier molecular flexibility index (Phi) is 6.70. The van der Waals surface area contributed by atoms with Gasteiger partial charge in [-0.15, -0.1) is 0 Å². The summed E-state index contributed by atoms with van der Waals surface area (Å²) in [5.74, 6) is 1.23. The van der Waals surface area contributed by atoms with Gasteiger partial charge in [0, 0.05) is 31.2 Å². The molecule has 5 heteroatoms. The lowest BCUT2D eigenvalue weighted by Crippen LogP contribution is -2.50. The second kappa shape index (κ2) is 9.20. The Bertz CT molecular complexity index is 564. The van der Waals surface area contributed by atoms with Crippen LogP contribution in [0.25, 0.3) is 0 Å². The van der Waals surface area contributed by atoms with Crippen LogP contribution in [-0.2, 0) is 16.1 Å². The summed E-state index contributed by atoms with van der Waals surface area (Å²) in [6, 6.07) is 8.51. The molecule has 1 amide bonds. The molecule has 0 spiro atoms. The molecule has 25 heavy (non-hydrogen) atoms. The number of benzene rings is 1. The van der Waals surface area contributed by atoms with E-state index < -0.39 is 0 Å². The average Bonchev–Trinajstić information content (AvgIpc) is 2.64. The predicted molar refractivity (Wildman–Crippen MR) is 97.6 cm³/mol. The minimum Gasteiger partial charge on any atom is -0.494 e. The van der Waals surface area contributed by atoms with Gasteiger partial charge in [0.2, 0.25) is 5.91 Å². The van der Waals surface area contributed by atoms with Crippen molar-refractivity contribution in [3.8, 4) is 5.75 Å². The molecule has 0 bridgehead atoms. The number of nitrogens with zero attached hydrogens (tertiary/aromatic N) is 1. The standard InChI is InChI=1S/C20H30N2O3/c1-2-25-19-10-6-3-7-16(19)15-22-12-14-24-13-11-21-20(23)17-8-4-5-9-18(17)22/h3,6-7,10,17-18H,2,4-5,8-9,11-15H2,1H3,(H,21,23)/t17-,18+/m0/s1. The number of amides is 1. The van der Waals surface area contributed by atoms with Crippen molar-refractivity contribution < 1.29 is 14.3 Å². The van der Waals surface area contributed by atoms with E-state index in [9.17, 15) is 4.79 Å². The molecule has 1 heterocycles. The zero-order valence-corrected chi connectivity index (χ0v) is 15.2. The van der Waals surface area contributed by atoms with Gasteiger partial charge in [-0.05, 0) is 25.8 Å². The molecule has 0 aromatic heterocycles. The molecule has 2 aliphatic rings. The Morgan fingerprint density at radius 3 is 2.96 bits per heavy atom. The predicted octanol–water partition coefficient (Wildman–Crippen LogP) is 2.59. The molecule has 1 aliphatic carbocycles. The van der Waals surface area contributed by atoms with Crippen molar-refractivity contribution >= 4 is 5.91 Å². The Balaban J connectivity index is 1.81. The van der Waals surface area contributed by atoms with Gasteiger partial charge in [0.05, 0.1) is 25.7 Å². The van der Waals surface area contributed by atoms with Gasteiger partial charge in [0.15, 0.2) is 0 Å². The lowest BCUT2D eigenvalue weighted by atomic mass is 9.82. The topological polar surface area (TPSA) is 50.8 Å². The van der Waals surface area contributed by atoms with Crippen LogP contribution < -0.4 is 10.1 Å². The summed E-state index contributed by atoms with van der Waals surface area (Å²) in [6.07, 6.45) is 4.41. The quantitative estimate of drug-likeness (QED) is 0.910. The van der Waals surface area contributed by atoms with Crippen LogP contribution in [0.1, 0.15) is 38.2 Å². The maximum atomic E-state index is 12.6. The smallest absolute Gasteiger partial charge is 0.224 e. The number of ether oxygens (including phenoxy) is 2. The van der Waals surface area contributed by atoms with Crippen LogP contribution in [0.5, 0.6) is 5.75 Å². The largest absolute Gasteiger partial charge is 0.494 e. The minimum atomic E-state index is 0.0890. The normalized spacial score (nSPS) is 25.7. The van der Waals surface area contributed by atoms with Crippen LogP contribution in [0.3, 0.4) is 0 Å². The van der Waals surface area contributed by atoms with E-state index in [2.05, 4.69) is 22.3 Å². The van der Waals surface area contributed by atoms with Crippen molar-refractivity contribution in [3.63, 3.8) is 0 Å². The molecule has 1 aliphatic heterocycles. The third kappa shape index (κ3) is 4.73. The van der Waals surface area contributed by atoms with Gasteiger partial charge in [-0.3, -0.25) is 9.69 Å². The highest BCUT2D eigenvalue weighted by Crippen LogP contribution is 2.31. The molecule has 1 saturated carbocycles. The summed E-state index contributed by atoms with van der Waals surface area (Å²) in [4.78, 5) is 15.1. The van der Waals surface area contributed by atoms with E-state index in [0.29, 0.717) is 26.4 Å². The zero-order valence-electron chi connectivity index (χ0n) is 15.2. The van der Waals surface area contributed by atoms with Crippen LogP contribution in [0.4, 0.5) is 0 Å². The van der Waals surface area contributed by atoms with Crippen LogP contribution in [0.15, 0.2) is 24.3 Å². The first-order chi connectivity index (χ1) is 12.3. The van der Waals surface area contributed by atoms with Crippen molar-refractivity contribution in [3.05, 3.63) is 29.8 Å². The van der Waals surface area contributed by atoms with E-state index in [4.69, 9.17) is 9.47 Å². The Morgan fingerprint density at radius 1 is 1.24 bits per heavy atom. The molecule has 0 radical (unpaired) electrons. The molecular weight excluding hydrogens is 316 g/mol. The van der Waals surface area contributed by atoms with E-state index in [1.54, 1.807) is 0 Å². The summed E-state index contributed by atoms with van der Waals surface area (Å²) in [6.45, 7) is 6.24. The van der Waals surface area contributed by atoms with E-state index >= 15 is 0 Å². The first kappa shape index (κ1) is 18.2. The van der Waals surface area contributed by atoms with Gasteiger partial charge < -0.3 is 14.8 Å². The molecule has 5 nitrogen and oxygen atoms in total. The fourth-order valence-electron chi connectivity index (χ4n) is 4.03. The number of nitrogens with one attached hydrogen (secondary N) is 1. The highest BCUT2D eigenvalue weighted by Gasteiger charge is 2.35. The number of carbonyl (C=O) groups is 1. The summed E-state index contributed by atoms with van der Waals surface area (Å²) in [5.41, 5.74) is 1.19. The first-order valence-corrected chi connectivity index (χ1v) is 9.59. The van der Waals surface area contributed by atoms with E-state index in [0.717, 1.165) is 38.1 Å². The zero-order chi connectivity index (χ0) is 17.5. The highest BCUT2D eigenvalue weighted by atomic mass is 16.5. The number of carbonyl (C=O) groups excluding carboxylic acids is 1. The summed E-state index contributed by atoms with van der Waals surface area (Å²) in [7, 11) is 0. The van der Waals surface area contributed by atoms with Gasteiger partial charge in [0.25, 0.3) is 0 Å². The monoisotopic (exact) mass is 346 g/mol. The fourth-order valence-corrected chi connectivity index (χ4v) is 4.03. The van der Waals surface area contributed by atoms with Gasteiger partial charge in [-0.1, -0.05) is 31.0 Å². The molecule has 1 aromatic rings. The summed E-state index contributed by atoms with van der Waals surface area (Å²) in [5, 5.41) is 3.05. The second-order valence-electron chi connectivity index (χ2n) is 6.87. The molecule has 2 fully saturated rings. The van der Waals surface area contributed by atoms with Crippen molar-refractivity contribution in [2.75, 3.05) is 32.9 Å². The average molecular weight is 346 g/mol. The van der Waals surface area contributed by atoms with E-state index in [-0.39, 0.29) is 17.9 Å². The summed E-state index contributed by atoms with van der Waals surface area (Å²) >= 11 is 0. The van der Waals surface area contributed by atoms with Crippen molar-refractivity contribution in [2.24, 2.45) is 5.92 Å². The lowest BCUT2D eigenvalue weighted by molar-refractivity contribution is -0.129. The second-order valence-corrected chi connectivity index (χ2v) is 6.87. The van der Waals surface area contributed by atoms with Gasteiger partial charge in [-0.25, -0.2) is 0 Å².